The molecule has 0 aliphatic heterocycles. The number of rotatable bonds is 8. The van der Waals surface area contributed by atoms with Gasteiger partial charge >= 0.3 is 6.61 Å². The highest BCUT2D eigenvalue weighted by Crippen LogP contribution is 2.25. The number of guanidine groups is 1. The molecule has 0 atom stereocenters. The predicted octanol–water partition coefficient (Wildman–Crippen LogP) is 3.53. The zero-order valence-electron chi connectivity index (χ0n) is 16.0. The molecule has 1 heterocycles. The highest BCUT2D eigenvalue weighted by atomic mass is 127. The normalized spacial score (nSPS) is 11.0. The summed E-state index contributed by atoms with van der Waals surface area (Å²) >= 11 is 0. The summed E-state index contributed by atoms with van der Waals surface area (Å²) in [7, 11) is 3.16. The number of aliphatic imine (C=N–C) groups is 1. The Morgan fingerprint density at radius 3 is 2.64 bits per heavy atom. The van der Waals surface area contributed by atoms with Crippen molar-refractivity contribution in [3.8, 4) is 11.5 Å². The molecule has 0 bridgehead atoms. The van der Waals surface area contributed by atoms with Gasteiger partial charge in [-0.05, 0) is 48.7 Å². The van der Waals surface area contributed by atoms with Gasteiger partial charge in [0.05, 0.1) is 7.11 Å². The second kappa shape index (κ2) is 12.3. The molecule has 2 aromatic rings. The standard InChI is InChI=1S/C19H24F2N4O2.HI/c1-13-11-23-8-6-14(13)7-9-24-19(22-2)25-12-15-10-16(26-3)4-5-17(15)27-18(20)21;/h4-6,8,10-11,18H,7,9,12H2,1-3H3,(H2,22,24,25);1H. The molecule has 0 saturated heterocycles. The molecule has 2 rings (SSSR count). The van der Waals surface area contributed by atoms with E-state index >= 15 is 0 Å². The van der Waals surface area contributed by atoms with Crippen molar-refractivity contribution in [2.45, 2.75) is 26.5 Å². The fourth-order valence-electron chi connectivity index (χ4n) is 2.53. The molecule has 0 aliphatic rings. The lowest BCUT2D eigenvalue weighted by Crippen LogP contribution is -2.38. The lowest BCUT2D eigenvalue weighted by Gasteiger charge is -2.15. The van der Waals surface area contributed by atoms with Gasteiger partial charge in [0.15, 0.2) is 5.96 Å². The molecule has 0 spiro atoms. The molecule has 0 radical (unpaired) electrons. The Hall–Kier alpha value is -2.17. The predicted molar refractivity (Wildman–Crippen MR) is 116 cm³/mol. The van der Waals surface area contributed by atoms with Crippen LogP contribution in [0.1, 0.15) is 16.7 Å². The average Bonchev–Trinajstić information content (AvgIpc) is 2.66. The third-order valence-electron chi connectivity index (χ3n) is 3.98. The number of nitrogens with zero attached hydrogens (tertiary/aromatic N) is 2. The summed E-state index contributed by atoms with van der Waals surface area (Å²) in [4.78, 5) is 8.23. The molecular weight excluding hydrogens is 481 g/mol. The molecule has 28 heavy (non-hydrogen) atoms. The van der Waals surface area contributed by atoms with Crippen LogP contribution >= 0.6 is 24.0 Å². The molecule has 154 valence electrons. The fraction of sp³-hybridized carbons (Fsp3) is 0.368. The molecule has 0 saturated carbocycles. The van der Waals surface area contributed by atoms with E-state index in [0.717, 1.165) is 12.0 Å². The number of ether oxygens (including phenoxy) is 2. The maximum Gasteiger partial charge on any atom is 0.387 e. The van der Waals surface area contributed by atoms with Crippen molar-refractivity contribution in [3.05, 3.63) is 53.3 Å². The molecule has 0 amide bonds. The molecule has 6 nitrogen and oxygen atoms in total. The van der Waals surface area contributed by atoms with Gasteiger partial charge in [-0.25, -0.2) is 0 Å². The van der Waals surface area contributed by atoms with Crippen LogP contribution in [0.2, 0.25) is 0 Å². The van der Waals surface area contributed by atoms with Gasteiger partial charge in [-0.15, -0.1) is 24.0 Å². The minimum Gasteiger partial charge on any atom is -0.497 e. The van der Waals surface area contributed by atoms with Crippen molar-refractivity contribution in [1.82, 2.24) is 15.6 Å². The van der Waals surface area contributed by atoms with Gasteiger partial charge in [0, 0.05) is 38.1 Å². The van der Waals surface area contributed by atoms with E-state index in [1.807, 2.05) is 19.2 Å². The van der Waals surface area contributed by atoms with Gasteiger partial charge < -0.3 is 20.1 Å². The molecular formula is C19H25F2IN4O2. The summed E-state index contributed by atoms with van der Waals surface area (Å²) in [5, 5.41) is 6.30. The summed E-state index contributed by atoms with van der Waals surface area (Å²) in [5.41, 5.74) is 2.88. The van der Waals surface area contributed by atoms with Gasteiger partial charge in [0.1, 0.15) is 11.5 Å². The average molecular weight is 506 g/mol. The van der Waals surface area contributed by atoms with Gasteiger partial charge in [0.2, 0.25) is 0 Å². The Kier molecular flexibility index (Phi) is 10.5. The number of hydrogen-bond donors (Lipinski definition) is 2. The van der Waals surface area contributed by atoms with Crippen molar-refractivity contribution in [1.29, 1.82) is 0 Å². The first-order chi connectivity index (χ1) is 13.0. The Balaban J connectivity index is 0.00000392. The molecule has 1 aromatic carbocycles. The van der Waals surface area contributed by atoms with Gasteiger partial charge in [-0.2, -0.15) is 8.78 Å². The number of aromatic nitrogens is 1. The number of aryl methyl sites for hydroxylation is 1. The molecule has 0 fully saturated rings. The molecule has 1 aromatic heterocycles. The second-order valence-corrected chi connectivity index (χ2v) is 5.76. The number of alkyl halides is 2. The molecule has 9 heteroatoms. The maximum absolute atomic E-state index is 12.6. The Morgan fingerprint density at radius 1 is 1.21 bits per heavy atom. The monoisotopic (exact) mass is 506 g/mol. The number of methoxy groups -OCH3 is 1. The van der Waals surface area contributed by atoms with Crippen molar-refractivity contribution >= 4 is 29.9 Å². The summed E-state index contributed by atoms with van der Waals surface area (Å²) in [5.74, 6) is 1.22. The second-order valence-electron chi connectivity index (χ2n) is 5.76. The highest BCUT2D eigenvalue weighted by molar-refractivity contribution is 14.0. The van der Waals surface area contributed by atoms with Crippen LogP contribution in [-0.2, 0) is 13.0 Å². The topological polar surface area (TPSA) is 67.8 Å². The first kappa shape index (κ1) is 23.9. The van der Waals surface area contributed by atoms with Crippen molar-refractivity contribution < 1.29 is 18.3 Å². The number of benzene rings is 1. The number of halogens is 3. The third kappa shape index (κ3) is 7.45. The first-order valence-corrected chi connectivity index (χ1v) is 8.49. The van der Waals surface area contributed by atoms with Gasteiger partial charge in [-0.1, -0.05) is 0 Å². The largest absolute Gasteiger partial charge is 0.497 e. The zero-order chi connectivity index (χ0) is 19.6. The van der Waals surface area contributed by atoms with Crippen molar-refractivity contribution in [3.63, 3.8) is 0 Å². The van der Waals surface area contributed by atoms with Crippen LogP contribution in [0.15, 0.2) is 41.7 Å². The van der Waals surface area contributed by atoms with Crippen LogP contribution in [0.3, 0.4) is 0 Å². The first-order valence-electron chi connectivity index (χ1n) is 8.49. The minimum atomic E-state index is -2.89. The number of hydrogen-bond acceptors (Lipinski definition) is 4. The van der Waals surface area contributed by atoms with E-state index in [9.17, 15) is 8.78 Å². The van der Waals surface area contributed by atoms with E-state index in [4.69, 9.17) is 4.74 Å². The summed E-state index contributed by atoms with van der Waals surface area (Å²) in [6.07, 6.45) is 4.41. The SMILES string of the molecule is CN=C(NCCc1ccncc1C)NCc1cc(OC)ccc1OC(F)F.I. The summed E-state index contributed by atoms with van der Waals surface area (Å²) < 4.78 is 34.9. The van der Waals surface area contributed by atoms with E-state index in [0.29, 0.717) is 23.8 Å². The van der Waals surface area contributed by atoms with Crippen molar-refractivity contribution in [2.75, 3.05) is 20.7 Å². The van der Waals surface area contributed by atoms with E-state index in [1.54, 1.807) is 25.4 Å². The fourth-order valence-corrected chi connectivity index (χ4v) is 2.53. The lowest BCUT2D eigenvalue weighted by molar-refractivity contribution is -0.0504. The minimum absolute atomic E-state index is 0. The van der Waals surface area contributed by atoms with E-state index in [2.05, 4.69) is 25.3 Å². The molecule has 0 aliphatic carbocycles. The van der Waals surface area contributed by atoms with Crippen LogP contribution < -0.4 is 20.1 Å². The number of nitrogens with one attached hydrogen (secondary N) is 2. The van der Waals surface area contributed by atoms with Crippen LogP contribution in [0, 0.1) is 6.92 Å². The molecule has 0 unspecified atom stereocenters. The van der Waals surface area contributed by atoms with Crippen LogP contribution in [0.25, 0.3) is 0 Å². The van der Waals surface area contributed by atoms with E-state index in [-0.39, 0.29) is 36.3 Å². The lowest BCUT2D eigenvalue weighted by atomic mass is 10.1. The quantitative estimate of drug-likeness (QED) is 0.326. The third-order valence-corrected chi connectivity index (χ3v) is 3.98. The van der Waals surface area contributed by atoms with Gasteiger partial charge in [-0.3, -0.25) is 9.98 Å². The Labute approximate surface area is 180 Å². The Morgan fingerprint density at radius 2 is 2.00 bits per heavy atom. The summed E-state index contributed by atoms with van der Waals surface area (Å²) in [6, 6.07) is 6.67. The number of pyridine rings is 1. The van der Waals surface area contributed by atoms with E-state index in [1.165, 1.54) is 18.7 Å². The van der Waals surface area contributed by atoms with Crippen molar-refractivity contribution in [2.24, 2.45) is 4.99 Å². The maximum atomic E-state index is 12.6. The van der Waals surface area contributed by atoms with Crippen LogP contribution in [-0.4, -0.2) is 38.3 Å². The van der Waals surface area contributed by atoms with Gasteiger partial charge in [0.25, 0.3) is 0 Å². The van der Waals surface area contributed by atoms with E-state index < -0.39 is 6.61 Å². The smallest absolute Gasteiger partial charge is 0.387 e. The zero-order valence-corrected chi connectivity index (χ0v) is 18.4. The Bertz CT molecular complexity index is 775. The highest BCUT2D eigenvalue weighted by Gasteiger charge is 2.11. The molecule has 2 N–H and O–H groups in total. The van der Waals surface area contributed by atoms with Crippen LogP contribution in [0.5, 0.6) is 11.5 Å². The van der Waals surface area contributed by atoms with Crippen LogP contribution in [0.4, 0.5) is 8.78 Å². The summed E-state index contributed by atoms with van der Waals surface area (Å²) in [6.45, 7) is 0.0529.